The Morgan fingerprint density at radius 1 is 1.46 bits per heavy atom. The number of rotatable bonds is 1. The average Bonchev–Trinajstić information content (AvgIpc) is 2.49. The van der Waals surface area contributed by atoms with E-state index in [9.17, 15) is 9.59 Å². The number of nitrogens with one attached hydrogen (secondary N) is 2. The van der Waals surface area contributed by atoms with Gasteiger partial charge in [0.05, 0.1) is 0 Å². The molecule has 1 aromatic heterocycles. The van der Waals surface area contributed by atoms with Crippen molar-refractivity contribution in [2.75, 3.05) is 12.4 Å². The maximum absolute atomic E-state index is 10.9. The van der Waals surface area contributed by atoms with E-state index in [0.29, 0.717) is 5.76 Å². The van der Waals surface area contributed by atoms with Gasteiger partial charge in [0.25, 0.3) is 0 Å². The molecule has 1 heterocycles. The summed E-state index contributed by atoms with van der Waals surface area (Å²) in [4.78, 5) is 21.7. The number of nitrogens with zero attached hydrogens (tertiary/aromatic N) is 1. The standard InChI is InChI=1S/C7H9N3O3/c1-4-3-5(10-13-4)9-7(12)6(11)8-2/h3H,1-2H3,(H,8,11)(H,9,10,12). The molecule has 0 fully saturated rings. The van der Waals surface area contributed by atoms with Crippen LogP contribution in [0.2, 0.25) is 0 Å². The molecule has 0 aliphatic carbocycles. The van der Waals surface area contributed by atoms with Crippen molar-refractivity contribution in [1.29, 1.82) is 0 Å². The van der Waals surface area contributed by atoms with Crippen molar-refractivity contribution in [2.45, 2.75) is 6.92 Å². The Morgan fingerprint density at radius 3 is 2.62 bits per heavy atom. The third kappa shape index (κ3) is 2.29. The highest BCUT2D eigenvalue weighted by molar-refractivity contribution is 6.39. The minimum Gasteiger partial charge on any atom is -0.360 e. The molecule has 0 aliphatic rings. The Hall–Kier alpha value is -1.85. The second-order valence-corrected chi connectivity index (χ2v) is 2.36. The van der Waals surface area contributed by atoms with E-state index in [0.717, 1.165) is 0 Å². The maximum Gasteiger partial charge on any atom is 0.314 e. The molecule has 0 unspecified atom stereocenters. The van der Waals surface area contributed by atoms with Gasteiger partial charge >= 0.3 is 11.8 Å². The van der Waals surface area contributed by atoms with E-state index >= 15 is 0 Å². The van der Waals surface area contributed by atoms with Crippen LogP contribution in [0.25, 0.3) is 0 Å². The zero-order valence-corrected chi connectivity index (χ0v) is 7.25. The van der Waals surface area contributed by atoms with E-state index in [1.807, 2.05) is 0 Å². The SMILES string of the molecule is CNC(=O)C(=O)Nc1cc(C)on1. The predicted octanol–water partition coefficient (Wildman–Crippen LogP) is -0.332. The number of carbonyl (C=O) groups is 2. The number of hydrogen-bond donors (Lipinski definition) is 2. The Labute approximate surface area is 74.3 Å². The fraction of sp³-hybridized carbons (Fsp3) is 0.286. The summed E-state index contributed by atoms with van der Waals surface area (Å²) >= 11 is 0. The van der Waals surface area contributed by atoms with Gasteiger partial charge in [0.2, 0.25) is 0 Å². The van der Waals surface area contributed by atoms with Crippen LogP contribution in [0.5, 0.6) is 0 Å². The van der Waals surface area contributed by atoms with Crippen molar-refractivity contribution >= 4 is 17.6 Å². The Kier molecular flexibility index (Phi) is 2.63. The normalized spacial score (nSPS) is 9.38. The first-order valence-electron chi connectivity index (χ1n) is 3.60. The van der Waals surface area contributed by atoms with Gasteiger partial charge in [0, 0.05) is 13.1 Å². The average molecular weight is 183 g/mol. The van der Waals surface area contributed by atoms with Crippen molar-refractivity contribution in [3.05, 3.63) is 11.8 Å². The van der Waals surface area contributed by atoms with E-state index in [1.165, 1.54) is 13.1 Å². The Balaban J connectivity index is 2.60. The van der Waals surface area contributed by atoms with Crippen LogP contribution in [0.1, 0.15) is 5.76 Å². The first kappa shape index (κ1) is 9.24. The lowest BCUT2D eigenvalue weighted by atomic mass is 10.4. The molecule has 6 nitrogen and oxygen atoms in total. The van der Waals surface area contributed by atoms with Crippen molar-refractivity contribution in [3.63, 3.8) is 0 Å². The van der Waals surface area contributed by atoms with Gasteiger partial charge in [0.1, 0.15) is 5.76 Å². The van der Waals surface area contributed by atoms with E-state index in [4.69, 9.17) is 0 Å². The largest absolute Gasteiger partial charge is 0.360 e. The molecule has 2 amide bonds. The molecule has 2 N–H and O–H groups in total. The lowest BCUT2D eigenvalue weighted by Crippen LogP contribution is -2.32. The summed E-state index contributed by atoms with van der Waals surface area (Å²) in [6, 6.07) is 1.51. The fourth-order valence-corrected chi connectivity index (χ4v) is 0.712. The minimum absolute atomic E-state index is 0.228. The van der Waals surface area contributed by atoms with Crippen molar-refractivity contribution < 1.29 is 14.1 Å². The number of aromatic nitrogens is 1. The quantitative estimate of drug-likeness (QED) is 0.584. The topological polar surface area (TPSA) is 84.2 Å². The molecule has 0 spiro atoms. The van der Waals surface area contributed by atoms with Crippen LogP contribution < -0.4 is 10.6 Å². The number of aryl methyl sites for hydroxylation is 1. The molecule has 0 aromatic carbocycles. The van der Waals surface area contributed by atoms with Crippen LogP contribution in [0.3, 0.4) is 0 Å². The molecule has 1 aromatic rings. The smallest absolute Gasteiger partial charge is 0.314 e. The van der Waals surface area contributed by atoms with Gasteiger partial charge in [-0.25, -0.2) is 0 Å². The van der Waals surface area contributed by atoms with Crippen LogP contribution in [-0.4, -0.2) is 24.0 Å². The monoisotopic (exact) mass is 183 g/mol. The summed E-state index contributed by atoms with van der Waals surface area (Å²) in [5, 5.41) is 7.93. The molecule has 0 atom stereocenters. The summed E-state index contributed by atoms with van der Waals surface area (Å²) in [5.41, 5.74) is 0. The van der Waals surface area contributed by atoms with Gasteiger partial charge in [-0.05, 0) is 6.92 Å². The predicted molar refractivity (Wildman–Crippen MR) is 43.9 cm³/mol. The summed E-state index contributed by atoms with van der Waals surface area (Å²) in [6.45, 7) is 1.68. The van der Waals surface area contributed by atoms with E-state index in [-0.39, 0.29) is 5.82 Å². The van der Waals surface area contributed by atoms with Gasteiger partial charge in [0.15, 0.2) is 5.82 Å². The second kappa shape index (κ2) is 3.70. The molecule has 70 valence electrons. The molecule has 1 rings (SSSR count). The van der Waals surface area contributed by atoms with Crippen LogP contribution in [0, 0.1) is 6.92 Å². The van der Waals surface area contributed by atoms with Gasteiger partial charge < -0.3 is 9.84 Å². The van der Waals surface area contributed by atoms with Crippen molar-refractivity contribution in [1.82, 2.24) is 10.5 Å². The first-order chi connectivity index (χ1) is 6.13. The highest BCUT2D eigenvalue weighted by Gasteiger charge is 2.12. The van der Waals surface area contributed by atoms with Crippen LogP contribution >= 0.6 is 0 Å². The molecular weight excluding hydrogens is 174 g/mol. The van der Waals surface area contributed by atoms with Gasteiger partial charge in [-0.1, -0.05) is 5.16 Å². The molecule has 0 radical (unpaired) electrons. The van der Waals surface area contributed by atoms with Gasteiger partial charge in [-0.15, -0.1) is 0 Å². The molecule has 0 aliphatic heterocycles. The minimum atomic E-state index is -0.768. The number of anilines is 1. The first-order valence-corrected chi connectivity index (χ1v) is 3.60. The van der Waals surface area contributed by atoms with Gasteiger partial charge in [-0.2, -0.15) is 0 Å². The second-order valence-electron chi connectivity index (χ2n) is 2.36. The molecule has 0 saturated heterocycles. The summed E-state index contributed by atoms with van der Waals surface area (Å²) < 4.78 is 4.68. The number of hydrogen-bond acceptors (Lipinski definition) is 4. The van der Waals surface area contributed by atoms with Gasteiger partial charge in [-0.3, -0.25) is 14.9 Å². The highest BCUT2D eigenvalue weighted by atomic mass is 16.5. The third-order valence-electron chi connectivity index (χ3n) is 1.30. The van der Waals surface area contributed by atoms with Crippen LogP contribution in [0.15, 0.2) is 10.6 Å². The summed E-state index contributed by atoms with van der Waals surface area (Å²) in [6.07, 6.45) is 0. The molecule has 13 heavy (non-hydrogen) atoms. The zero-order valence-electron chi connectivity index (χ0n) is 7.25. The summed E-state index contributed by atoms with van der Waals surface area (Å²) in [7, 11) is 1.37. The number of likely N-dealkylation sites (N-methyl/N-ethyl adjacent to an activating group) is 1. The molecule has 6 heteroatoms. The Bertz CT molecular complexity index is 331. The van der Waals surface area contributed by atoms with Crippen molar-refractivity contribution in [2.24, 2.45) is 0 Å². The number of amides is 2. The zero-order chi connectivity index (χ0) is 9.84. The molecule has 0 bridgehead atoms. The lowest BCUT2D eigenvalue weighted by Gasteiger charge is -1.97. The number of carbonyl (C=O) groups excluding carboxylic acids is 2. The fourth-order valence-electron chi connectivity index (χ4n) is 0.712. The van der Waals surface area contributed by atoms with E-state index < -0.39 is 11.8 Å². The van der Waals surface area contributed by atoms with E-state index in [1.54, 1.807) is 6.92 Å². The lowest BCUT2D eigenvalue weighted by molar-refractivity contribution is -0.135. The van der Waals surface area contributed by atoms with Crippen LogP contribution in [0.4, 0.5) is 5.82 Å². The Morgan fingerprint density at radius 2 is 2.15 bits per heavy atom. The molecule has 0 saturated carbocycles. The van der Waals surface area contributed by atoms with Crippen LogP contribution in [-0.2, 0) is 9.59 Å². The highest BCUT2D eigenvalue weighted by Crippen LogP contribution is 2.06. The third-order valence-corrected chi connectivity index (χ3v) is 1.30. The van der Waals surface area contributed by atoms with E-state index in [2.05, 4.69) is 20.3 Å². The molecular formula is C7H9N3O3. The maximum atomic E-state index is 10.9. The summed E-state index contributed by atoms with van der Waals surface area (Å²) in [5.74, 6) is -0.699. The van der Waals surface area contributed by atoms with Crippen molar-refractivity contribution in [3.8, 4) is 0 Å².